The highest BCUT2D eigenvalue weighted by Crippen LogP contribution is 2.30. The van der Waals surface area contributed by atoms with Crippen LogP contribution in [0.25, 0.3) is 28.6 Å². The van der Waals surface area contributed by atoms with E-state index in [2.05, 4.69) is 15.7 Å². The largest absolute Gasteiger partial charge is 0.446 e. The number of aryl methyl sites for hydroxylation is 1. The second-order valence-corrected chi connectivity index (χ2v) is 6.10. The molecule has 0 aliphatic carbocycles. The minimum absolute atomic E-state index is 0.163. The number of benzene rings is 2. The summed E-state index contributed by atoms with van der Waals surface area (Å²) in [7, 11) is -4.80. The molecule has 3 aromatic rings. The van der Waals surface area contributed by atoms with Gasteiger partial charge in [-0.3, -0.25) is 4.55 Å². The molecule has 0 amide bonds. The zero-order valence-corrected chi connectivity index (χ0v) is 13.3. The third-order valence-corrected chi connectivity index (χ3v) is 3.65. The average molecular weight is 349 g/mol. The molecule has 0 bridgehead atoms. The maximum atomic E-state index is 13.9. The van der Waals surface area contributed by atoms with Crippen molar-refractivity contribution in [2.75, 3.05) is 0 Å². The molecule has 3 rings (SSSR count). The molecule has 24 heavy (non-hydrogen) atoms. The molecule has 1 heterocycles. The van der Waals surface area contributed by atoms with Gasteiger partial charge in [0.05, 0.1) is 0 Å². The van der Waals surface area contributed by atoms with E-state index in [1.54, 1.807) is 6.08 Å². The van der Waals surface area contributed by atoms with Crippen molar-refractivity contribution in [3.8, 4) is 17.2 Å². The van der Waals surface area contributed by atoms with Crippen molar-refractivity contribution in [3.63, 3.8) is 0 Å². The number of nitrogens with zero attached hydrogens (tertiary/aromatic N) is 1. The van der Waals surface area contributed by atoms with Gasteiger partial charge in [-0.2, -0.15) is 8.42 Å². The van der Waals surface area contributed by atoms with Crippen molar-refractivity contribution < 1.29 is 26.0 Å². The summed E-state index contributed by atoms with van der Waals surface area (Å²) in [6.45, 7) is 5.62. The molecular formula is C16H12FNO5S. The Labute approximate surface area is 137 Å². The number of rotatable bonds is 4. The minimum atomic E-state index is -4.80. The molecule has 1 N–H and O–H groups in total. The highest BCUT2D eigenvalue weighted by molar-refractivity contribution is 7.81. The normalized spacial score (nSPS) is 11.6. The summed E-state index contributed by atoms with van der Waals surface area (Å²) in [5.74, 6) is -1.44. The molecule has 0 saturated carbocycles. The van der Waals surface area contributed by atoms with Crippen molar-refractivity contribution in [2.24, 2.45) is 0 Å². The van der Waals surface area contributed by atoms with Gasteiger partial charge in [0.1, 0.15) is 5.52 Å². The average Bonchev–Trinajstić information content (AvgIpc) is 2.90. The first-order valence-corrected chi connectivity index (χ1v) is 8.14. The molecule has 0 aliphatic rings. The lowest BCUT2D eigenvalue weighted by molar-refractivity contribution is 0.376. The second kappa shape index (κ2) is 5.73. The Hall–Kier alpha value is -2.71. The van der Waals surface area contributed by atoms with E-state index in [1.165, 1.54) is 6.07 Å². The van der Waals surface area contributed by atoms with Gasteiger partial charge in [-0.25, -0.2) is 9.37 Å². The Kier molecular flexibility index (Phi) is 3.86. The number of hydrogen-bond acceptors (Lipinski definition) is 5. The van der Waals surface area contributed by atoms with Gasteiger partial charge in [0.2, 0.25) is 5.89 Å². The van der Waals surface area contributed by atoms with E-state index in [1.807, 2.05) is 19.1 Å². The lowest BCUT2D eigenvalue weighted by Gasteiger charge is -2.03. The Morgan fingerprint density at radius 1 is 1.33 bits per heavy atom. The van der Waals surface area contributed by atoms with Gasteiger partial charge in [-0.15, -0.1) is 0 Å². The molecular weight excluding hydrogens is 337 g/mol. The third kappa shape index (κ3) is 3.15. The van der Waals surface area contributed by atoms with Crippen LogP contribution in [0.1, 0.15) is 11.1 Å². The van der Waals surface area contributed by atoms with Gasteiger partial charge < -0.3 is 8.60 Å². The van der Waals surface area contributed by atoms with E-state index in [0.717, 1.165) is 23.3 Å². The molecule has 0 fully saturated rings. The molecule has 2 aromatic carbocycles. The van der Waals surface area contributed by atoms with Crippen LogP contribution in [0.2, 0.25) is 0 Å². The van der Waals surface area contributed by atoms with Crippen molar-refractivity contribution in [1.29, 1.82) is 0 Å². The molecule has 0 saturated heterocycles. The first-order chi connectivity index (χ1) is 11.3. The molecule has 8 heteroatoms. The first-order valence-electron chi connectivity index (χ1n) is 6.77. The first kappa shape index (κ1) is 16.2. The van der Waals surface area contributed by atoms with Gasteiger partial charge in [-0.1, -0.05) is 12.7 Å². The zero-order valence-electron chi connectivity index (χ0n) is 12.5. The van der Waals surface area contributed by atoms with Crippen LogP contribution in [-0.4, -0.2) is 18.0 Å². The summed E-state index contributed by atoms with van der Waals surface area (Å²) in [5, 5.41) is 0. The highest BCUT2D eigenvalue weighted by Gasteiger charge is 2.16. The van der Waals surface area contributed by atoms with E-state index >= 15 is 0 Å². The van der Waals surface area contributed by atoms with E-state index in [9.17, 15) is 12.8 Å². The summed E-state index contributed by atoms with van der Waals surface area (Å²) in [4.78, 5) is 4.31. The number of oxazole rings is 1. The molecule has 124 valence electrons. The zero-order chi connectivity index (χ0) is 17.5. The monoisotopic (exact) mass is 349 g/mol. The predicted molar refractivity (Wildman–Crippen MR) is 86.4 cm³/mol. The summed E-state index contributed by atoms with van der Waals surface area (Å²) < 4.78 is 53.6. The molecule has 0 aliphatic heterocycles. The van der Waals surface area contributed by atoms with Crippen molar-refractivity contribution in [1.82, 2.24) is 4.98 Å². The topological polar surface area (TPSA) is 89.6 Å². The van der Waals surface area contributed by atoms with E-state index in [0.29, 0.717) is 16.7 Å². The Bertz CT molecular complexity index is 1060. The highest BCUT2D eigenvalue weighted by atomic mass is 32.3. The number of hydrogen-bond donors (Lipinski definition) is 1. The van der Waals surface area contributed by atoms with E-state index in [4.69, 9.17) is 8.97 Å². The minimum Gasteiger partial charge on any atom is -0.435 e. The summed E-state index contributed by atoms with van der Waals surface area (Å²) in [5.41, 5.74) is 3.14. The van der Waals surface area contributed by atoms with Gasteiger partial charge >= 0.3 is 10.4 Å². The smallest absolute Gasteiger partial charge is 0.435 e. The number of fused-ring (bicyclic) bond motifs is 1. The number of halogens is 1. The molecule has 6 nitrogen and oxygen atoms in total. The van der Waals surface area contributed by atoms with Crippen LogP contribution in [-0.2, 0) is 10.4 Å². The predicted octanol–water partition coefficient (Wildman–Crippen LogP) is 3.77. The van der Waals surface area contributed by atoms with Crippen LogP contribution < -0.4 is 4.18 Å². The van der Waals surface area contributed by atoms with Gasteiger partial charge in [0.15, 0.2) is 17.1 Å². The summed E-state index contributed by atoms with van der Waals surface area (Å²) in [6.07, 6.45) is 1.63. The Morgan fingerprint density at radius 3 is 2.71 bits per heavy atom. The van der Waals surface area contributed by atoms with Crippen molar-refractivity contribution in [3.05, 3.63) is 53.9 Å². The standard InChI is InChI=1S/C16H12FNO5S/c1-3-10-6-9(2)7-13-15(10)22-16(18-13)11-4-5-14(12(17)8-11)23-24(19,20)21/h3-8H,1H2,2H3,(H,19,20,21). The van der Waals surface area contributed by atoms with Crippen LogP contribution in [0.4, 0.5) is 4.39 Å². The van der Waals surface area contributed by atoms with Crippen LogP contribution in [0, 0.1) is 12.7 Å². The lowest BCUT2D eigenvalue weighted by atomic mass is 10.1. The van der Waals surface area contributed by atoms with Gasteiger partial charge in [0.25, 0.3) is 0 Å². The number of aromatic nitrogens is 1. The third-order valence-electron chi connectivity index (χ3n) is 3.26. The fourth-order valence-corrected chi connectivity index (χ4v) is 2.66. The van der Waals surface area contributed by atoms with Gasteiger partial charge in [0, 0.05) is 11.1 Å². The lowest BCUT2D eigenvalue weighted by Crippen LogP contribution is -2.07. The Morgan fingerprint density at radius 2 is 2.08 bits per heavy atom. The van der Waals surface area contributed by atoms with Crippen LogP contribution >= 0.6 is 0 Å². The van der Waals surface area contributed by atoms with E-state index < -0.39 is 22.0 Å². The second-order valence-electron chi connectivity index (χ2n) is 5.08. The van der Waals surface area contributed by atoms with E-state index in [-0.39, 0.29) is 5.89 Å². The fourth-order valence-electron chi connectivity index (χ4n) is 2.29. The molecule has 0 radical (unpaired) electrons. The molecule has 0 spiro atoms. The fraction of sp³-hybridized carbons (Fsp3) is 0.0625. The maximum absolute atomic E-state index is 13.9. The molecule has 0 atom stereocenters. The van der Waals surface area contributed by atoms with Crippen LogP contribution in [0.5, 0.6) is 5.75 Å². The van der Waals surface area contributed by atoms with Gasteiger partial charge in [-0.05, 0) is 42.8 Å². The SMILES string of the molecule is C=Cc1cc(C)cc2nc(-c3ccc(OS(=O)(=O)O)c(F)c3)oc12. The molecule has 1 aromatic heterocycles. The quantitative estimate of drug-likeness (QED) is 0.721. The molecule has 0 unspecified atom stereocenters. The Balaban J connectivity index is 2.08. The summed E-state index contributed by atoms with van der Waals surface area (Å²) in [6, 6.07) is 7.14. The summed E-state index contributed by atoms with van der Waals surface area (Å²) >= 11 is 0. The van der Waals surface area contributed by atoms with Crippen LogP contribution in [0.3, 0.4) is 0 Å². The van der Waals surface area contributed by atoms with Crippen molar-refractivity contribution >= 4 is 27.6 Å². The van der Waals surface area contributed by atoms with Crippen LogP contribution in [0.15, 0.2) is 41.3 Å². The van der Waals surface area contributed by atoms with Crippen molar-refractivity contribution in [2.45, 2.75) is 6.92 Å². The maximum Gasteiger partial charge on any atom is 0.446 e.